The summed E-state index contributed by atoms with van der Waals surface area (Å²) >= 11 is 0. The highest BCUT2D eigenvalue weighted by Gasteiger charge is 2.24. The van der Waals surface area contributed by atoms with Crippen LogP contribution in [0.3, 0.4) is 0 Å². The zero-order chi connectivity index (χ0) is 33.0. The number of fused-ring (bicyclic) bond motifs is 5. The van der Waals surface area contributed by atoms with Crippen LogP contribution in [0.2, 0.25) is 0 Å². The molecule has 10 aromatic rings. The van der Waals surface area contributed by atoms with Gasteiger partial charge in [-0.1, -0.05) is 127 Å². The standard InChI is InChI=1S/C44H26N4O2/c1-3-11-27(12-4-1)29-19-22-31(23-20-29)44-45-40-37(50-44)26-36-38(34-17-9-10-18-35(34)49-36)39(40)43-47-41(30-14-5-2-6-15-30)46-42(48-43)33-24-21-28-13-7-8-16-32(28)25-33/h1-26H. The Hall–Kier alpha value is -6.92. The molecule has 0 aliphatic carbocycles. The van der Waals surface area contributed by atoms with E-state index in [9.17, 15) is 0 Å². The largest absolute Gasteiger partial charge is 0.456 e. The van der Waals surface area contributed by atoms with Crippen molar-refractivity contribution in [2.75, 3.05) is 0 Å². The summed E-state index contributed by atoms with van der Waals surface area (Å²) < 4.78 is 12.9. The summed E-state index contributed by atoms with van der Waals surface area (Å²) in [5.74, 6) is 2.13. The number of aromatic nitrogens is 4. The second-order valence-corrected chi connectivity index (χ2v) is 12.3. The van der Waals surface area contributed by atoms with E-state index in [0.717, 1.165) is 60.5 Å². The highest BCUT2D eigenvalue weighted by molar-refractivity contribution is 6.18. The Balaban J connectivity index is 1.23. The first-order valence-corrected chi connectivity index (χ1v) is 16.5. The maximum Gasteiger partial charge on any atom is 0.227 e. The van der Waals surface area contributed by atoms with Crippen molar-refractivity contribution in [3.8, 4) is 56.7 Å². The number of benzene rings is 7. The van der Waals surface area contributed by atoms with Crippen molar-refractivity contribution in [3.63, 3.8) is 0 Å². The molecule has 0 N–H and O–H groups in total. The summed E-state index contributed by atoms with van der Waals surface area (Å²) in [6, 6.07) is 53.1. The van der Waals surface area contributed by atoms with Gasteiger partial charge in [-0.2, -0.15) is 0 Å². The lowest BCUT2D eigenvalue weighted by Crippen LogP contribution is -2.01. The normalized spacial score (nSPS) is 11.6. The molecule has 7 aromatic carbocycles. The topological polar surface area (TPSA) is 77.8 Å². The number of oxazole rings is 1. The average Bonchev–Trinajstić information content (AvgIpc) is 3.78. The van der Waals surface area contributed by atoms with E-state index in [1.165, 1.54) is 0 Å². The van der Waals surface area contributed by atoms with Crippen LogP contribution < -0.4 is 0 Å². The van der Waals surface area contributed by atoms with Crippen molar-refractivity contribution in [2.45, 2.75) is 0 Å². The van der Waals surface area contributed by atoms with Crippen molar-refractivity contribution in [2.24, 2.45) is 0 Å². The molecule has 6 nitrogen and oxygen atoms in total. The van der Waals surface area contributed by atoms with Crippen LogP contribution in [-0.2, 0) is 0 Å². The molecule has 0 aliphatic heterocycles. The minimum atomic E-state index is 0.489. The summed E-state index contributed by atoms with van der Waals surface area (Å²) in [4.78, 5) is 20.5. The van der Waals surface area contributed by atoms with E-state index in [0.29, 0.717) is 40.0 Å². The van der Waals surface area contributed by atoms with Crippen LogP contribution in [0.25, 0.3) is 101 Å². The van der Waals surface area contributed by atoms with E-state index in [-0.39, 0.29) is 0 Å². The monoisotopic (exact) mass is 642 g/mol. The molecule has 3 heterocycles. The van der Waals surface area contributed by atoms with Crippen LogP contribution in [0, 0.1) is 0 Å². The quantitative estimate of drug-likeness (QED) is 0.186. The Morgan fingerprint density at radius 1 is 0.360 bits per heavy atom. The zero-order valence-corrected chi connectivity index (χ0v) is 26.6. The third kappa shape index (κ3) is 4.73. The van der Waals surface area contributed by atoms with E-state index < -0.39 is 0 Å². The van der Waals surface area contributed by atoms with E-state index >= 15 is 0 Å². The Kier molecular flexibility index (Phi) is 6.39. The molecule has 0 amide bonds. The lowest BCUT2D eigenvalue weighted by Gasteiger charge is -2.10. The molecular weight excluding hydrogens is 617 g/mol. The molecule has 0 atom stereocenters. The zero-order valence-electron chi connectivity index (χ0n) is 26.6. The Labute approximate surface area is 286 Å². The molecule has 6 heteroatoms. The van der Waals surface area contributed by atoms with Crippen molar-refractivity contribution in [3.05, 3.63) is 158 Å². The molecule has 3 aromatic heterocycles. The third-order valence-electron chi connectivity index (χ3n) is 9.16. The first-order valence-electron chi connectivity index (χ1n) is 16.5. The highest BCUT2D eigenvalue weighted by atomic mass is 16.4. The molecule has 0 saturated carbocycles. The molecule has 0 unspecified atom stereocenters. The van der Waals surface area contributed by atoms with Crippen molar-refractivity contribution < 1.29 is 8.83 Å². The van der Waals surface area contributed by atoms with Gasteiger partial charge in [0.25, 0.3) is 0 Å². The molecule has 0 bridgehead atoms. The van der Waals surface area contributed by atoms with Gasteiger partial charge in [0.1, 0.15) is 16.7 Å². The summed E-state index contributed by atoms with van der Waals surface area (Å²) in [5, 5.41) is 4.09. The van der Waals surface area contributed by atoms with Crippen molar-refractivity contribution in [1.82, 2.24) is 19.9 Å². The average molecular weight is 643 g/mol. The number of hydrogen-bond donors (Lipinski definition) is 0. The predicted molar refractivity (Wildman–Crippen MR) is 199 cm³/mol. The van der Waals surface area contributed by atoms with Crippen LogP contribution >= 0.6 is 0 Å². The lowest BCUT2D eigenvalue weighted by atomic mass is 10.0. The molecular formula is C44H26N4O2. The Bertz CT molecular complexity index is 2860. The second kappa shape index (κ2) is 11.4. The molecule has 0 radical (unpaired) electrons. The SMILES string of the molecule is c1ccc(-c2ccc(-c3nc4c(-c5nc(-c6ccccc6)nc(-c6ccc7ccccc7c6)n5)c5c(cc4o3)oc3ccccc35)cc2)cc1. The molecule has 10 rings (SSSR count). The summed E-state index contributed by atoms with van der Waals surface area (Å²) in [7, 11) is 0. The van der Waals surface area contributed by atoms with Gasteiger partial charge in [0.05, 0.1) is 5.56 Å². The number of rotatable bonds is 5. The van der Waals surface area contributed by atoms with Gasteiger partial charge in [0.2, 0.25) is 5.89 Å². The smallest absolute Gasteiger partial charge is 0.227 e. The molecule has 0 aliphatic rings. The van der Waals surface area contributed by atoms with Gasteiger partial charge in [-0.15, -0.1) is 0 Å². The highest BCUT2D eigenvalue weighted by Crippen LogP contribution is 2.42. The third-order valence-corrected chi connectivity index (χ3v) is 9.16. The van der Waals surface area contributed by atoms with Crippen LogP contribution in [0.1, 0.15) is 0 Å². The molecule has 0 saturated heterocycles. The number of hydrogen-bond acceptors (Lipinski definition) is 6. The van der Waals surface area contributed by atoms with Gasteiger partial charge < -0.3 is 8.83 Å². The van der Waals surface area contributed by atoms with Crippen LogP contribution in [-0.4, -0.2) is 19.9 Å². The minimum absolute atomic E-state index is 0.489. The Morgan fingerprint density at radius 2 is 0.960 bits per heavy atom. The Morgan fingerprint density at radius 3 is 1.76 bits per heavy atom. The minimum Gasteiger partial charge on any atom is -0.456 e. The molecule has 50 heavy (non-hydrogen) atoms. The van der Waals surface area contributed by atoms with Crippen molar-refractivity contribution >= 4 is 43.8 Å². The maximum absolute atomic E-state index is 6.50. The second-order valence-electron chi connectivity index (χ2n) is 12.3. The fraction of sp³-hybridized carbons (Fsp3) is 0. The molecule has 0 spiro atoms. The van der Waals surface area contributed by atoms with E-state index in [4.69, 9.17) is 28.8 Å². The lowest BCUT2D eigenvalue weighted by molar-refractivity contribution is 0.617. The van der Waals surface area contributed by atoms with Gasteiger partial charge in [-0.25, -0.2) is 19.9 Å². The van der Waals surface area contributed by atoms with Gasteiger partial charge in [-0.3, -0.25) is 0 Å². The molecule has 234 valence electrons. The fourth-order valence-electron chi connectivity index (χ4n) is 6.71. The van der Waals surface area contributed by atoms with Crippen LogP contribution in [0.15, 0.2) is 167 Å². The molecule has 0 fully saturated rings. The maximum atomic E-state index is 6.50. The number of para-hydroxylation sites is 1. The predicted octanol–water partition coefficient (Wildman–Crippen LogP) is 11.4. The fourth-order valence-corrected chi connectivity index (χ4v) is 6.71. The summed E-state index contributed by atoms with van der Waals surface area (Å²) in [5.41, 5.74) is 8.33. The first kappa shape index (κ1) is 28.1. The van der Waals surface area contributed by atoms with Crippen molar-refractivity contribution in [1.29, 1.82) is 0 Å². The van der Waals surface area contributed by atoms with E-state index in [1.54, 1.807) is 0 Å². The summed E-state index contributed by atoms with van der Waals surface area (Å²) in [6.45, 7) is 0. The van der Waals surface area contributed by atoms with Crippen LogP contribution in [0.5, 0.6) is 0 Å². The van der Waals surface area contributed by atoms with E-state index in [2.05, 4.69) is 60.7 Å². The van der Waals surface area contributed by atoms with Crippen LogP contribution in [0.4, 0.5) is 0 Å². The van der Waals surface area contributed by atoms with Gasteiger partial charge >= 0.3 is 0 Å². The number of nitrogens with zero attached hydrogens (tertiary/aromatic N) is 4. The van der Waals surface area contributed by atoms with Gasteiger partial charge in [-0.05, 0) is 46.2 Å². The number of furan rings is 1. The first-order chi connectivity index (χ1) is 24.7. The van der Waals surface area contributed by atoms with Gasteiger partial charge in [0, 0.05) is 33.5 Å². The van der Waals surface area contributed by atoms with Gasteiger partial charge in [0.15, 0.2) is 23.1 Å². The summed E-state index contributed by atoms with van der Waals surface area (Å²) in [6.07, 6.45) is 0. The van der Waals surface area contributed by atoms with E-state index in [1.807, 2.05) is 97.1 Å².